The molecule has 6 nitrogen and oxygen atoms in total. The molecule has 0 saturated carbocycles. The number of H-pyrrole nitrogens is 1. The first-order chi connectivity index (χ1) is 11.5. The maximum absolute atomic E-state index is 13.7. The van der Waals surface area contributed by atoms with E-state index in [1.807, 2.05) is 0 Å². The van der Waals surface area contributed by atoms with Crippen molar-refractivity contribution >= 4 is 38.3 Å². The number of carbonyl (C=O) groups is 1. The molecule has 122 valence electrons. The largest absolute Gasteiger partial charge is 0.322 e. The summed E-state index contributed by atoms with van der Waals surface area (Å²) in [6, 6.07) is 10.5. The maximum atomic E-state index is 13.7. The Hall–Kier alpha value is -2.74. The van der Waals surface area contributed by atoms with Crippen molar-refractivity contribution in [1.82, 2.24) is 9.78 Å². The average Bonchev–Trinajstić information content (AvgIpc) is 2.55. The summed E-state index contributed by atoms with van der Waals surface area (Å²) in [5.41, 5.74) is -0.996. The quantitative estimate of drug-likeness (QED) is 0.717. The van der Waals surface area contributed by atoms with Crippen LogP contribution in [0.1, 0.15) is 0 Å². The van der Waals surface area contributed by atoms with Gasteiger partial charge in [-0.2, -0.15) is 0 Å². The van der Waals surface area contributed by atoms with Crippen LogP contribution < -0.4 is 16.4 Å². The molecule has 0 aliphatic heterocycles. The van der Waals surface area contributed by atoms with E-state index in [1.165, 1.54) is 24.3 Å². The lowest BCUT2D eigenvalue weighted by Gasteiger charge is -2.09. The van der Waals surface area contributed by atoms with Crippen molar-refractivity contribution in [2.75, 3.05) is 5.32 Å². The summed E-state index contributed by atoms with van der Waals surface area (Å²) in [6.45, 7) is -0.436. The minimum absolute atomic E-state index is 0.0145. The first-order valence-corrected chi connectivity index (χ1v) is 7.72. The van der Waals surface area contributed by atoms with Gasteiger partial charge in [-0.1, -0.05) is 28.1 Å². The topological polar surface area (TPSA) is 84.0 Å². The predicted octanol–water partition coefficient (Wildman–Crippen LogP) is 2.23. The Morgan fingerprint density at radius 3 is 2.58 bits per heavy atom. The van der Waals surface area contributed by atoms with Gasteiger partial charge in [0.1, 0.15) is 12.4 Å². The maximum Gasteiger partial charge on any atom is 0.273 e. The number of benzene rings is 2. The number of rotatable bonds is 3. The molecule has 0 bridgehead atoms. The van der Waals surface area contributed by atoms with E-state index >= 15 is 0 Å². The summed E-state index contributed by atoms with van der Waals surface area (Å²) in [6.07, 6.45) is 0. The van der Waals surface area contributed by atoms with Crippen molar-refractivity contribution in [2.24, 2.45) is 0 Å². The highest BCUT2D eigenvalue weighted by atomic mass is 79.9. The van der Waals surface area contributed by atoms with Gasteiger partial charge >= 0.3 is 0 Å². The van der Waals surface area contributed by atoms with Gasteiger partial charge in [-0.15, -0.1) is 0 Å². The summed E-state index contributed by atoms with van der Waals surface area (Å²) in [4.78, 5) is 36.3. The summed E-state index contributed by atoms with van der Waals surface area (Å²) < 4.78 is 15.2. The van der Waals surface area contributed by atoms with Crippen LogP contribution >= 0.6 is 15.9 Å². The van der Waals surface area contributed by atoms with E-state index in [4.69, 9.17) is 0 Å². The molecule has 3 aromatic rings. The number of hydrogen-bond donors (Lipinski definition) is 2. The van der Waals surface area contributed by atoms with Gasteiger partial charge in [-0.05, 0) is 30.3 Å². The van der Waals surface area contributed by atoms with Gasteiger partial charge in [0.2, 0.25) is 5.91 Å². The number of fused-ring (bicyclic) bond motifs is 1. The Balaban J connectivity index is 1.90. The van der Waals surface area contributed by atoms with E-state index in [0.29, 0.717) is 4.47 Å². The van der Waals surface area contributed by atoms with Crippen LogP contribution in [0.15, 0.2) is 56.5 Å². The lowest BCUT2D eigenvalue weighted by Crippen LogP contribution is -2.34. The second kappa shape index (κ2) is 6.40. The van der Waals surface area contributed by atoms with E-state index in [9.17, 15) is 18.8 Å². The number of aromatic nitrogens is 2. The molecule has 0 unspecified atom stereocenters. The van der Waals surface area contributed by atoms with Gasteiger partial charge in [0.25, 0.3) is 11.1 Å². The van der Waals surface area contributed by atoms with Crippen molar-refractivity contribution in [3.63, 3.8) is 0 Å². The van der Waals surface area contributed by atoms with Crippen molar-refractivity contribution < 1.29 is 9.18 Å². The molecule has 2 aromatic carbocycles. The smallest absolute Gasteiger partial charge is 0.273 e. The van der Waals surface area contributed by atoms with Gasteiger partial charge in [0.05, 0.1) is 16.5 Å². The zero-order valence-electron chi connectivity index (χ0n) is 12.2. The molecule has 0 saturated heterocycles. The van der Waals surface area contributed by atoms with Crippen LogP contribution in [0.2, 0.25) is 0 Å². The molecule has 3 rings (SSSR count). The summed E-state index contributed by atoms with van der Waals surface area (Å²) in [5, 5.41) is 5.17. The van der Waals surface area contributed by atoms with Crippen molar-refractivity contribution in [2.45, 2.75) is 6.54 Å². The van der Waals surface area contributed by atoms with Crippen LogP contribution in [0.5, 0.6) is 0 Å². The molecule has 24 heavy (non-hydrogen) atoms. The minimum atomic E-state index is -0.635. The molecule has 1 aromatic heterocycles. The number of hydrogen-bond acceptors (Lipinski definition) is 3. The van der Waals surface area contributed by atoms with Gasteiger partial charge < -0.3 is 5.32 Å². The normalized spacial score (nSPS) is 10.8. The molecule has 0 fully saturated rings. The van der Waals surface area contributed by atoms with E-state index in [0.717, 1.165) is 4.68 Å². The fourth-order valence-corrected chi connectivity index (χ4v) is 2.62. The van der Waals surface area contributed by atoms with E-state index in [2.05, 4.69) is 26.3 Å². The van der Waals surface area contributed by atoms with Crippen LogP contribution in [0.25, 0.3) is 10.8 Å². The fraction of sp³-hybridized carbons (Fsp3) is 0.0625. The fourth-order valence-electron chi connectivity index (χ4n) is 2.28. The third-order valence-electron chi connectivity index (χ3n) is 3.39. The average molecular weight is 392 g/mol. The molecule has 0 aliphatic rings. The number of carbonyl (C=O) groups excluding carboxylic acids is 1. The molecule has 0 atom stereocenters. The molecule has 8 heteroatoms. The first-order valence-electron chi connectivity index (χ1n) is 6.92. The molecular formula is C16H11BrFN3O3. The van der Waals surface area contributed by atoms with Crippen LogP contribution in [-0.2, 0) is 11.3 Å². The second-order valence-electron chi connectivity index (χ2n) is 5.05. The third kappa shape index (κ3) is 3.13. The van der Waals surface area contributed by atoms with Crippen LogP contribution in [-0.4, -0.2) is 15.7 Å². The predicted molar refractivity (Wildman–Crippen MR) is 91.6 cm³/mol. The number of anilines is 1. The van der Waals surface area contributed by atoms with E-state index in [-0.39, 0.29) is 16.5 Å². The number of nitrogens with zero attached hydrogens (tertiary/aromatic N) is 1. The molecule has 0 radical (unpaired) electrons. The Morgan fingerprint density at radius 2 is 1.88 bits per heavy atom. The first kappa shape index (κ1) is 16.1. The standard InChI is InChI=1S/C16H11BrFN3O3/c17-9-5-6-13(12(18)7-9)19-14(22)8-21-16(24)11-4-2-1-3-10(11)15(23)20-21/h1-7H,8H2,(H,19,22)(H,20,23). The SMILES string of the molecule is O=C(Cn1[nH]c(=O)c2ccccc2c1=O)Nc1ccc(Br)cc1F. The minimum Gasteiger partial charge on any atom is -0.322 e. The Kier molecular flexibility index (Phi) is 4.30. The summed E-state index contributed by atoms with van der Waals surface area (Å²) in [7, 11) is 0. The molecule has 2 N–H and O–H groups in total. The highest BCUT2D eigenvalue weighted by molar-refractivity contribution is 9.10. The van der Waals surface area contributed by atoms with Gasteiger partial charge in [0.15, 0.2) is 0 Å². The van der Waals surface area contributed by atoms with Crippen LogP contribution in [0.4, 0.5) is 10.1 Å². The van der Waals surface area contributed by atoms with Crippen LogP contribution in [0.3, 0.4) is 0 Å². The Morgan fingerprint density at radius 1 is 1.17 bits per heavy atom. The number of halogens is 2. The van der Waals surface area contributed by atoms with Crippen molar-refractivity contribution in [1.29, 1.82) is 0 Å². The molecule has 1 heterocycles. The third-order valence-corrected chi connectivity index (χ3v) is 3.88. The summed E-state index contributed by atoms with van der Waals surface area (Å²) >= 11 is 3.12. The van der Waals surface area contributed by atoms with Gasteiger partial charge in [-0.3, -0.25) is 19.5 Å². The number of amides is 1. The van der Waals surface area contributed by atoms with Crippen molar-refractivity contribution in [3.8, 4) is 0 Å². The highest BCUT2D eigenvalue weighted by Gasteiger charge is 2.12. The monoisotopic (exact) mass is 391 g/mol. The van der Waals surface area contributed by atoms with Crippen molar-refractivity contribution in [3.05, 3.63) is 73.5 Å². The molecular weight excluding hydrogens is 381 g/mol. The van der Waals surface area contributed by atoms with E-state index in [1.54, 1.807) is 18.2 Å². The molecule has 1 amide bonds. The second-order valence-corrected chi connectivity index (χ2v) is 5.97. The lowest BCUT2D eigenvalue weighted by molar-refractivity contribution is -0.117. The zero-order chi connectivity index (χ0) is 17.3. The summed E-state index contributed by atoms with van der Waals surface area (Å²) in [5.74, 6) is -1.25. The molecule has 0 aliphatic carbocycles. The number of nitrogens with one attached hydrogen (secondary N) is 2. The lowest BCUT2D eigenvalue weighted by atomic mass is 10.2. The van der Waals surface area contributed by atoms with Crippen LogP contribution in [0, 0.1) is 5.82 Å². The van der Waals surface area contributed by atoms with E-state index < -0.39 is 29.4 Å². The highest BCUT2D eigenvalue weighted by Crippen LogP contribution is 2.19. The van der Waals surface area contributed by atoms with Gasteiger partial charge in [0, 0.05) is 4.47 Å². The number of aromatic amines is 1. The van der Waals surface area contributed by atoms with Gasteiger partial charge in [-0.25, -0.2) is 9.07 Å². The molecule has 0 spiro atoms. The Labute approximate surface area is 143 Å². The Bertz CT molecular complexity index is 1060. The zero-order valence-corrected chi connectivity index (χ0v) is 13.8.